The highest BCUT2D eigenvalue weighted by molar-refractivity contribution is 5.67. The van der Waals surface area contributed by atoms with Gasteiger partial charge in [0.1, 0.15) is 17.3 Å². The lowest BCUT2D eigenvalue weighted by molar-refractivity contribution is 0.419. The molecule has 6 nitrogen and oxygen atoms in total. The molecule has 0 saturated heterocycles. The topological polar surface area (TPSA) is 64.9 Å². The molecule has 0 atom stereocenters. The molecule has 118 valence electrons. The molecule has 0 saturated carbocycles. The fourth-order valence-electron chi connectivity index (χ4n) is 1.94. The number of hydrogen-bond acceptors (Lipinski definition) is 5. The smallest absolute Gasteiger partial charge is 0.323 e. The van der Waals surface area contributed by atoms with Crippen molar-refractivity contribution in [1.82, 2.24) is 19.7 Å². The van der Waals surface area contributed by atoms with Gasteiger partial charge in [-0.1, -0.05) is 0 Å². The van der Waals surface area contributed by atoms with Crippen molar-refractivity contribution < 1.29 is 13.5 Å². The number of aromatic nitrogens is 4. The van der Waals surface area contributed by atoms with Crippen molar-refractivity contribution in [3.05, 3.63) is 54.0 Å². The third-order valence-electron chi connectivity index (χ3n) is 3.22. The lowest BCUT2D eigenvalue weighted by atomic mass is 10.2. The van der Waals surface area contributed by atoms with E-state index in [1.54, 1.807) is 24.7 Å². The molecule has 2 aromatic heterocycles. The van der Waals surface area contributed by atoms with Crippen molar-refractivity contribution in [2.45, 2.75) is 6.92 Å². The summed E-state index contributed by atoms with van der Waals surface area (Å²) in [7, 11) is 1.72. The zero-order chi connectivity index (χ0) is 16.4. The van der Waals surface area contributed by atoms with Crippen LogP contribution in [0.15, 0.2) is 36.7 Å². The molecular weight excluding hydrogens is 304 g/mol. The van der Waals surface area contributed by atoms with Gasteiger partial charge in [-0.3, -0.25) is 4.68 Å². The van der Waals surface area contributed by atoms with Crippen LogP contribution in [0, 0.1) is 18.6 Å². The quantitative estimate of drug-likeness (QED) is 0.799. The Hall–Kier alpha value is -3.03. The van der Waals surface area contributed by atoms with E-state index < -0.39 is 11.6 Å². The van der Waals surface area contributed by atoms with Crippen molar-refractivity contribution in [2.75, 3.05) is 5.32 Å². The molecule has 0 amide bonds. The van der Waals surface area contributed by atoms with Gasteiger partial charge in [-0.25, -0.2) is 18.7 Å². The fourth-order valence-corrected chi connectivity index (χ4v) is 1.94. The maximum atomic E-state index is 13.8. The summed E-state index contributed by atoms with van der Waals surface area (Å²) >= 11 is 0. The van der Waals surface area contributed by atoms with E-state index in [4.69, 9.17) is 4.74 Å². The summed E-state index contributed by atoms with van der Waals surface area (Å²) in [6.45, 7) is 1.79. The molecule has 2 heterocycles. The molecule has 0 fully saturated rings. The Balaban J connectivity index is 1.95. The van der Waals surface area contributed by atoms with E-state index in [0.717, 1.165) is 12.1 Å². The standard InChI is InChI=1S/C15H13F2N5O/c1-9-13(20-12-5-4-10(16)8-11(12)17)14(21-22(9)2)23-15-18-6-3-7-19-15/h3-8,20H,1-2H3. The zero-order valence-electron chi connectivity index (χ0n) is 12.4. The van der Waals surface area contributed by atoms with Gasteiger partial charge < -0.3 is 10.1 Å². The molecule has 8 heteroatoms. The fraction of sp³-hybridized carbons (Fsp3) is 0.133. The average molecular weight is 317 g/mol. The van der Waals surface area contributed by atoms with Crippen LogP contribution in [0.1, 0.15) is 5.69 Å². The molecule has 23 heavy (non-hydrogen) atoms. The van der Waals surface area contributed by atoms with Crippen molar-refractivity contribution in [3.63, 3.8) is 0 Å². The Bertz CT molecular complexity index is 835. The molecule has 3 aromatic rings. The van der Waals surface area contributed by atoms with E-state index in [0.29, 0.717) is 11.4 Å². The SMILES string of the molecule is Cc1c(Nc2ccc(F)cc2F)c(Oc2ncccn2)nn1C. The largest absolute Gasteiger partial charge is 0.401 e. The Morgan fingerprint density at radius 3 is 2.61 bits per heavy atom. The summed E-state index contributed by atoms with van der Waals surface area (Å²) in [6, 6.07) is 5.05. The van der Waals surface area contributed by atoms with E-state index in [-0.39, 0.29) is 17.6 Å². The van der Waals surface area contributed by atoms with Crippen LogP contribution in [0.4, 0.5) is 20.2 Å². The summed E-state index contributed by atoms with van der Waals surface area (Å²) in [6.07, 6.45) is 3.07. The predicted octanol–water partition coefficient (Wildman–Crippen LogP) is 3.33. The van der Waals surface area contributed by atoms with Gasteiger partial charge in [0.15, 0.2) is 0 Å². The number of rotatable bonds is 4. The number of anilines is 2. The number of nitrogens with zero attached hydrogens (tertiary/aromatic N) is 4. The summed E-state index contributed by atoms with van der Waals surface area (Å²) in [5.74, 6) is -1.17. The van der Waals surface area contributed by atoms with Gasteiger partial charge in [0.2, 0.25) is 0 Å². The molecule has 1 N–H and O–H groups in total. The minimum absolute atomic E-state index is 0.112. The lowest BCUT2D eigenvalue weighted by Crippen LogP contribution is -1.98. The van der Waals surface area contributed by atoms with Crippen molar-refractivity contribution in [2.24, 2.45) is 7.05 Å². The van der Waals surface area contributed by atoms with Crippen molar-refractivity contribution >= 4 is 11.4 Å². The number of aryl methyl sites for hydroxylation is 1. The van der Waals surface area contributed by atoms with E-state index in [1.165, 1.54) is 18.5 Å². The molecule has 0 aliphatic heterocycles. The van der Waals surface area contributed by atoms with E-state index in [1.807, 2.05) is 0 Å². The number of ether oxygens (including phenoxy) is 1. The minimum Gasteiger partial charge on any atom is -0.401 e. The third-order valence-corrected chi connectivity index (χ3v) is 3.22. The lowest BCUT2D eigenvalue weighted by Gasteiger charge is -2.09. The number of nitrogens with one attached hydrogen (secondary N) is 1. The molecule has 0 unspecified atom stereocenters. The van der Waals surface area contributed by atoms with Crippen LogP contribution in [-0.2, 0) is 7.05 Å². The van der Waals surface area contributed by atoms with Crippen LogP contribution >= 0.6 is 0 Å². The van der Waals surface area contributed by atoms with Crippen LogP contribution in [0.3, 0.4) is 0 Å². The van der Waals surface area contributed by atoms with Crippen LogP contribution in [0.2, 0.25) is 0 Å². The number of hydrogen-bond donors (Lipinski definition) is 1. The van der Waals surface area contributed by atoms with Crippen LogP contribution in [-0.4, -0.2) is 19.7 Å². The average Bonchev–Trinajstić information content (AvgIpc) is 2.78. The van der Waals surface area contributed by atoms with E-state index in [2.05, 4.69) is 20.4 Å². The second kappa shape index (κ2) is 5.99. The molecule has 1 aromatic carbocycles. The van der Waals surface area contributed by atoms with Gasteiger partial charge in [-0.2, -0.15) is 0 Å². The van der Waals surface area contributed by atoms with Gasteiger partial charge in [-0.15, -0.1) is 5.10 Å². The second-order valence-electron chi connectivity index (χ2n) is 4.77. The normalized spacial score (nSPS) is 10.6. The Kier molecular flexibility index (Phi) is 3.88. The first-order chi connectivity index (χ1) is 11.0. The molecule has 0 bridgehead atoms. The summed E-state index contributed by atoms with van der Waals surface area (Å²) in [5, 5.41) is 7.08. The van der Waals surface area contributed by atoms with Gasteiger partial charge in [-0.05, 0) is 25.1 Å². The first-order valence-electron chi connectivity index (χ1n) is 6.75. The number of benzene rings is 1. The first-order valence-corrected chi connectivity index (χ1v) is 6.75. The molecule has 0 radical (unpaired) electrons. The Morgan fingerprint density at radius 1 is 1.17 bits per heavy atom. The van der Waals surface area contributed by atoms with Gasteiger partial charge >= 0.3 is 6.01 Å². The van der Waals surface area contributed by atoms with Crippen LogP contribution in [0.25, 0.3) is 0 Å². The zero-order valence-corrected chi connectivity index (χ0v) is 12.4. The van der Waals surface area contributed by atoms with Gasteiger partial charge in [0.25, 0.3) is 5.88 Å². The summed E-state index contributed by atoms with van der Waals surface area (Å²) in [4.78, 5) is 7.91. The second-order valence-corrected chi connectivity index (χ2v) is 4.77. The monoisotopic (exact) mass is 317 g/mol. The minimum atomic E-state index is -0.713. The van der Waals surface area contributed by atoms with Crippen LogP contribution < -0.4 is 10.1 Å². The Labute approximate surface area is 130 Å². The highest BCUT2D eigenvalue weighted by atomic mass is 19.1. The van der Waals surface area contributed by atoms with Gasteiger partial charge in [0, 0.05) is 25.5 Å². The third kappa shape index (κ3) is 3.10. The maximum absolute atomic E-state index is 13.8. The number of halogens is 2. The predicted molar refractivity (Wildman–Crippen MR) is 79.7 cm³/mol. The molecule has 0 aliphatic carbocycles. The highest BCUT2D eigenvalue weighted by Gasteiger charge is 2.17. The van der Waals surface area contributed by atoms with E-state index in [9.17, 15) is 8.78 Å². The van der Waals surface area contributed by atoms with Gasteiger partial charge in [0.05, 0.1) is 11.4 Å². The van der Waals surface area contributed by atoms with Crippen molar-refractivity contribution in [3.8, 4) is 11.9 Å². The first kappa shape index (κ1) is 14.9. The van der Waals surface area contributed by atoms with Crippen molar-refractivity contribution in [1.29, 1.82) is 0 Å². The van der Waals surface area contributed by atoms with Crippen LogP contribution in [0.5, 0.6) is 11.9 Å². The molecular formula is C15H13F2N5O. The summed E-state index contributed by atoms with van der Waals surface area (Å²) in [5.41, 5.74) is 1.27. The highest BCUT2D eigenvalue weighted by Crippen LogP contribution is 2.33. The molecule has 0 aliphatic rings. The molecule has 0 spiro atoms. The maximum Gasteiger partial charge on any atom is 0.323 e. The Morgan fingerprint density at radius 2 is 1.91 bits per heavy atom. The summed E-state index contributed by atoms with van der Waals surface area (Å²) < 4.78 is 34.0. The van der Waals surface area contributed by atoms with E-state index >= 15 is 0 Å². The molecule has 3 rings (SSSR count).